The van der Waals surface area contributed by atoms with Gasteiger partial charge in [0, 0.05) is 30.5 Å². The summed E-state index contributed by atoms with van der Waals surface area (Å²) in [4.78, 5) is 13.5. The molecule has 0 atom stereocenters. The maximum atomic E-state index is 11.2. The van der Waals surface area contributed by atoms with Crippen LogP contribution in [0, 0.1) is 0 Å². The van der Waals surface area contributed by atoms with Gasteiger partial charge < -0.3 is 10.0 Å². The fourth-order valence-electron chi connectivity index (χ4n) is 3.14. The van der Waals surface area contributed by atoms with Crippen LogP contribution in [0.4, 0.5) is 0 Å². The average Bonchev–Trinajstić information content (AvgIpc) is 2.86. The van der Waals surface area contributed by atoms with Crippen LogP contribution in [0.2, 0.25) is 0 Å². The molecule has 5 nitrogen and oxygen atoms in total. The molecular formula is C18H23N3O2. The second-order valence-corrected chi connectivity index (χ2v) is 7.28. The molecule has 2 aromatic rings. The molecule has 2 heterocycles. The zero-order valence-corrected chi connectivity index (χ0v) is 14.1. The summed E-state index contributed by atoms with van der Waals surface area (Å²) < 4.78 is 1.94. The number of hydrogen-bond donors (Lipinski definition) is 1. The number of rotatable bonds is 2. The number of hydrogen-bond acceptors (Lipinski definition) is 3. The SMILES string of the molecule is CN1CCc2c(c(C(C)(C)C)nn2-c2cccc(C(=O)O)c2)C1. The summed E-state index contributed by atoms with van der Waals surface area (Å²) in [5, 5.41) is 14.1. The Balaban J connectivity index is 2.17. The van der Waals surface area contributed by atoms with Crippen LogP contribution in [0.5, 0.6) is 0 Å². The first-order chi connectivity index (χ1) is 10.8. The lowest BCUT2D eigenvalue weighted by Crippen LogP contribution is -2.28. The molecule has 1 aromatic heterocycles. The molecule has 23 heavy (non-hydrogen) atoms. The van der Waals surface area contributed by atoms with Gasteiger partial charge in [-0.2, -0.15) is 5.10 Å². The van der Waals surface area contributed by atoms with E-state index in [0.717, 1.165) is 30.9 Å². The maximum Gasteiger partial charge on any atom is 0.335 e. The van der Waals surface area contributed by atoms with Gasteiger partial charge in [0.1, 0.15) is 0 Å². The van der Waals surface area contributed by atoms with Gasteiger partial charge in [-0.05, 0) is 25.2 Å². The van der Waals surface area contributed by atoms with E-state index in [9.17, 15) is 9.90 Å². The van der Waals surface area contributed by atoms with Gasteiger partial charge in [-0.25, -0.2) is 9.48 Å². The molecule has 0 saturated heterocycles. The summed E-state index contributed by atoms with van der Waals surface area (Å²) in [6.07, 6.45) is 0.923. The zero-order chi connectivity index (χ0) is 16.8. The van der Waals surface area contributed by atoms with Gasteiger partial charge in [0.2, 0.25) is 0 Å². The third-order valence-electron chi connectivity index (χ3n) is 4.30. The van der Waals surface area contributed by atoms with Gasteiger partial charge in [0.05, 0.1) is 22.6 Å². The molecule has 0 saturated carbocycles. The Kier molecular flexibility index (Phi) is 3.76. The van der Waals surface area contributed by atoms with Crippen LogP contribution in [-0.4, -0.2) is 39.3 Å². The molecule has 1 N–H and O–H groups in total. The van der Waals surface area contributed by atoms with Crippen molar-refractivity contribution < 1.29 is 9.90 Å². The van der Waals surface area contributed by atoms with Gasteiger partial charge in [-0.1, -0.05) is 26.8 Å². The van der Waals surface area contributed by atoms with Crippen LogP contribution in [0.3, 0.4) is 0 Å². The van der Waals surface area contributed by atoms with Crippen LogP contribution in [0.15, 0.2) is 24.3 Å². The van der Waals surface area contributed by atoms with Gasteiger partial charge >= 0.3 is 5.97 Å². The summed E-state index contributed by atoms with van der Waals surface area (Å²) in [5.41, 5.74) is 4.65. The minimum atomic E-state index is -0.913. The van der Waals surface area contributed by atoms with Gasteiger partial charge in [-0.3, -0.25) is 0 Å². The maximum absolute atomic E-state index is 11.2. The molecule has 0 aliphatic carbocycles. The van der Waals surface area contributed by atoms with Crippen molar-refractivity contribution in [2.75, 3.05) is 13.6 Å². The van der Waals surface area contributed by atoms with Gasteiger partial charge in [0.15, 0.2) is 0 Å². The molecule has 1 aliphatic heterocycles. The van der Waals surface area contributed by atoms with Crippen molar-refractivity contribution in [2.24, 2.45) is 0 Å². The van der Waals surface area contributed by atoms with E-state index in [1.165, 1.54) is 11.3 Å². The number of nitrogens with zero attached hydrogens (tertiary/aromatic N) is 3. The fourth-order valence-corrected chi connectivity index (χ4v) is 3.14. The van der Waals surface area contributed by atoms with Crippen molar-refractivity contribution in [1.29, 1.82) is 0 Å². The monoisotopic (exact) mass is 313 g/mol. The number of aromatic nitrogens is 2. The molecule has 0 spiro atoms. The molecule has 122 valence electrons. The molecule has 3 rings (SSSR count). The first-order valence-corrected chi connectivity index (χ1v) is 7.91. The highest BCUT2D eigenvalue weighted by Crippen LogP contribution is 2.32. The summed E-state index contributed by atoms with van der Waals surface area (Å²) in [5.74, 6) is -0.913. The molecule has 0 radical (unpaired) electrons. The van der Waals surface area contributed by atoms with Crippen LogP contribution in [0.1, 0.15) is 48.1 Å². The van der Waals surface area contributed by atoms with E-state index in [-0.39, 0.29) is 11.0 Å². The highest BCUT2D eigenvalue weighted by molar-refractivity contribution is 5.88. The molecule has 0 unspecified atom stereocenters. The third kappa shape index (κ3) is 2.88. The lowest BCUT2D eigenvalue weighted by Gasteiger charge is -2.26. The number of carboxylic acids is 1. The number of carboxylic acid groups (broad SMARTS) is 1. The van der Waals surface area contributed by atoms with Crippen LogP contribution in [-0.2, 0) is 18.4 Å². The topological polar surface area (TPSA) is 58.4 Å². The third-order valence-corrected chi connectivity index (χ3v) is 4.30. The quantitative estimate of drug-likeness (QED) is 0.926. The summed E-state index contributed by atoms with van der Waals surface area (Å²) in [6, 6.07) is 7.00. The Morgan fingerprint density at radius 3 is 2.70 bits per heavy atom. The van der Waals surface area contributed by atoms with Crippen molar-refractivity contribution in [1.82, 2.24) is 14.7 Å². The van der Waals surface area contributed by atoms with Crippen molar-refractivity contribution >= 4 is 5.97 Å². The van der Waals surface area contributed by atoms with Crippen LogP contribution >= 0.6 is 0 Å². The molecule has 1 aliphatic rings. The summed E-state index contributed by atoms with van der Waals surface area (Å²) in [6.45, 7) is 8.38. The largest absolute Gasteiger partial charge is 0.478 e. The zero-order valence-electron chi connectivity index (χ0n) is 14.1. The van der Waals surface area contributed by atoms with Crippen LogP contribution in [0.25, 0.3) is 5.69 Å². The molecule has 5 heteroatoms. The van der Waals surface area contributed by atoms with E-state index < -0.39 is 5.97 Å². The first kappa shape index (κ1) is 15.7. The van der Waals surface area contributed by atoms with Crippen molar-refractivity contribution in [2.45, 2.75) is 39.2 Å². The van der Waals surface area contributed by atoms with E-state index in [1.807, 2.05) is 10.7 Å². The highest BCUT2D eigenvalue weighted by atomic mass is 16.4. The summed E-state index contributed by atoms with van der Waals surface area (Å²) >= 11 is 0. The second kappa shape index (κ2) is 5.49. The molecule has 1 aromatic carbocycles. The minimum absolute atomic E-state index is 0.0437. The average molecular weight is 313 g/mol. The normalized spacial score (nSPS) is 15.5. The lowest BCUT2D eigenvalue weighted by molar-refractivity contribution is 0.0697. The van der Waals surface area contributed by atoms with E-state index >= 15 is 0 Å². The fraction of sp³-hybridized carbons (Fsp3) is 0.444. The summed E-state index contributed by atoms with van der Waals surface area (Å²) in [7, 11) is 2.12. The standard InChI is InChI=1S/C18H23N3O2/c1-18(2,3)16-14-11-20(4)9-8-15(14)21(19-16)13-7-5-6-12(10-13)17(22)23/h5-7,10H,8-9,11H2,1-4H3,(H,22,23). The lowest BCUT2D eigenvalue weighted by atomic mass is 9.87. The first-order valence-electron chi connectivity index (χ1n) is 7.91. The number of benzene rings is 1. The number of likely N-dealkylation sites (N-methyl/N-ethyl adjacent to an activating group) is 1. The Bertz CT molecular complexity index is 756. The predicted octanol–water partition coefficient (Wildman–Crippen LogP) is 2.86. The Hall–Kier alpha value is -2.14. The van der Waals surface area contributed by atoms with Crippen molar-refractivity contribution in [3.8, 4) is 5.69 Å². The predicted molar refractivity (Wildman–Crippen MR) is 89.3 cm³/mol. The molecule has 0 amide bonds. The molecular weight excluding hydrogens is 290 g/mol. The molecule has 0 bridgehead atoms. The second-order valence-electron chi connectivity index (χ2n) is 7.28. The number of carbonyl (C=O) groups is 1. The van der Waals surface area contributed by atoms with Gasteiger partial charge in [0.25, 0.3) is 0 Å². The highest BCUT2D eigenvalue weighted by Gasteiger charge is 2.30. The smallest absolute Gasteiger partial charge is 0.335 e. The molecule has 0 fully saturated rings. The number of aromatic carboxylic acids is 1. The van der Waals surface area contributed by atoms with E-state index in [1.54, 1.807) is 18.2 Å². The van der Waals surface area contributed by atoms with Crippen molar-refractivity contribution in [3.63, 3.8) is 0 Å². The number of fused-ring (bicyclic) bond motifs is 1. The van der Waals surface area contributed by atoms with E-state index in [4.69, 9.17) is 5.10 Å². The Morgan fingerprint density at radius 2 is 2.04 bits per heavy atom. The van der Waals surface area contributed by atoms with Gasteiger partial charge in [-0.15, -0.1) is 0 Å². The Morgan fingerprint density at radius 1 is 1.30 bits per heavy atom. The van der Waals surface area contributed by atoms with E-state index in [0.29, 0.717) is 0 Å². The van der Waals surface area contributed by atoms with Crippen molar-refractivity contribution in [3.05, 3.63) is 46.8 Å². The Labute approximate surface area is 136 Å². The minimum Gasteiger partial charge on any atom is -0.478 e. The van der Waals surface area contributed by atoms with Crippen LogP contribution < -0.4 is 0 Å². The van der Waals surface area contributed by atoms with E-state index in [2.05, 4.69) is 32.7 Å².